The van der Waals surface area contributed by atoms with Crippen molar-refractivity contribution < 1.29 is 5.11 Å². The molecule has 1 N–H and O–H groups in total. The highest BCUT2D eigenvalue weighted by molar-refractivity contribution is 6.30. The van der Waals surface area contributed by atoms with Crippen LogP contribution in [0.2, 0.25) is 5.15 Å². The number of nitrogens with zero attached hydrogens (tertiary/aromatic N) is 3. The first-order chi connectivity index (χ1) is 8.00. The van der Waals surface area contributed by atoms with E-state index in [4.69, 9.17) is 11.6 Å². The quantitative estimate of drug-likeness (QED) is 0.878. The van der Waals surface area contributed by atoms with Crippen LogP contribution in [0, 0.1) is 19.8 Å². The molecule has 2 heterocycles. The second-order valence-corrected chi connectivity index (χ2v) is 5.16. The molecule has 2 unspecified atom stereocenters. The van der Waals surface area contributed by atoms with E-state index >= 15 is 0 Å². The average Bonchev–Trinajstić information content (AvgIpc) is 2.75. The summed E-state index contributed by atoms with van der Waals surface area (Å²) in [6.07, 6.45) is 0.738. The van der Waals surface area contributed by atoms with E-state index in [1.54, 1.807) is 0 Å². The van der Waals surface area contributed by atoms with E-state index in [0.29, 0.717) is 11.1 Å². The van der Waals surface area contributed by atoms with Crippen molar-refractivity contribution in [1.29, 1.82) is 0 Å². The maximum absolute atomic E-state index is 9.60. The van der Waals surface area contributed by atoms with Gasteiger partial charge in [-0.05, 0) is 38.3 Å². The minimum atomic E-state index is -0.262. The molecule has 0 aromatic carbocycles. The summed E-state index contributed by atoms with van der Waals surface area (Å²) in [5, 5.41) is 18.2. The Balaban J connectivity index is 2.22. The van der Waals surface area contributed by atoms with E-state index < -0.39 is 0 Å². The molecular weight excluding hydrogens is 238 g/mol. The maximum Gasteiger partial charge on any atom is 0.155 e. The molecule has 0 aliphatic carbocycles. The van der Waals surface area contributed by atoms with Crippen molar-refractivity contribution in [3.05, 3.63) is 16.3 Å². The molecule has 1 aliphatic rings. The zero-order valence-corrected chi connectivity index (χ0v) is 11.2. The minimum Gasteiger partial charge on any atom is -0.393 e. The molecule has 17 heavy (non-hydrogen) atoms. The van der Waals surface area contributed by atoms with Crippen molar-refractivity contribution in [3.8, 4) is 0 Å². The lowest BCUT2D eigenvalue weighted by molar-refractivity contribution is 0.136. The van der Waals surface area contributed by atoms with Crippen molar-refractivity contribution in [3.63, 3.8) is 0 Å². The highest BCUT2D eigenvalue weighted by Crippen LogP contribution is 2.29. The van der Waals surface area contributed by atoms with E-state index in [0.717, 1.165) is 36.5 Å². The topological polar surface area (TPSA) is 49.2 Å². The van der Waals surface area contributed by atoms with Crippen LogP contribution < -0.4 is 4.90 Å². The number of hydrogen-bond donors (Lipinski definition) is 1. The Kier molecular flexibility index (Phi) is 3.54. The molecule has 0 spiro atoms. The summed E-state index contributed by atoms with van der Waals surface area (Å²) in [5.41, 5.74) is 2.06. The Hall–Kier alpha value is -0.870. The Bertz CT molecular complexity index is 422. The number of hydrogen-bond acceptors (Lipinski definition) is 4. The summed E-state index contributed by atoms with van der Waals surface area (Å²) in [5.74, 6) is 1.22. The molecule has 4 nitrogen and oxygen atoms in total. The molecular formula is C12H18ClN3O. The fourth-order valence-electron chi connectivity index (χ4n) is 2.24. The van der Waals surface area contributed by atoms with Crippen LogP contribution in [-0.2, 0) is 0 Å². The van der Waals surface area contributed by atoms with Gasteiger partial charge in [0, 0.05) is 19.0 Å². The Morgan fingerprint density at radius 2 is 2.06 bits per heavy atom. The molecule has 1 fully saturated rings. The molecule has 5 heteroatoms. The van der Waals surface area contributed by atoms with Gasteiger partial charge in [0.15, 0.2) is 11.0 Å². The van der Waals surface area contributed by atoms with Gasteiger partial charge in [-0.2, -0.15) is 0 Å². The van der Waals surface area contributed by atoms with Gasteiger partial charge < -0.3 is 10.0 Å². The summed E-state index contributed by atoms with van der Waals surface area (Å²) < 4.78 is 0. The summed E-state index contributed by atoms with van der Waals surface area (Å²) in [6.45, 7) is 7.58. The Morgan fingerprint density at radius 3 is 2.65 bits per heavy atom. The highest BCUT2D eigenvalue weighted by atomic mass is 35.5. The van der Waals surface area contributed by atoms with Crippen LogP contribution in [0.3, 0.4) is 0 Å². The van der Waals surface area contributed by atoms with Gasteiger partial charge in [-0.3, -0.25) is 0 Å². The first kappa shape index (κ1) is 12.6. The van der Waals surface area contributed by atoms with Gasteiger partial charge in [0.2, 0.25) is 0 Å². The lowest BCUT2D eigenvalue weighted by Crippen LogP contribution is -2.25. The summed E-state index contributed by atoms with van der Waals surface area (Å²) in [7, 11) is 0. The first-order valence-electron chi connectivity index (χ1n) is 5.93. The van der Waals surface area contributed by atoms with Gasteiger partial charge in [0.1, 0.15) is 0 Å². The molecule has 0 radical (unpaired) electrons. The standard InChI is InChI=1S/C12H18ClN3O/c1-7-8(2)12(15-14-11(7)13)16-5-4-10(6-16)9(3)17/h9-10,17H,4-6H2,1-3H3. The number of anilines is 1. The third-order valence-corrected chi connectivity index (χ3v) is 4.01. The smallest absolute Gasteiger partial charge is 0.155 e. The van der Waals surface area contributed by atoms with Crippen molar-refractivity contribution >= 4 is 17.4 Å². The lowest BCUT2D eigenvalue weighted by Gasteiger charge is -2.20. The van der Waals surface area contributed by atoms with E-state index in [-0.39, 0.29) is 6.10 Å². The molecule has 1 aromatic heterocycles. The zero-order chi connectivity index (χ0) is 12.6. The molecule has 0 amide bonds. The van der Waals surface area contributed by atoms with E-state index in [9.17, 15) is 5.11 Å². The maximum atomic E-state index is 9.60. The molecule has 2 atom stereocenters. The number of halogens is 1. The molecule has 94 valence electrons. The van der Waals surface area contributed by atoms with Crippen LogP contribution in [0.5, 0.6) is 0 Å². The second kappa shape index (κ2) is 4.78. The van der Waals surface area contributed by atoms with Crippen LogP contribution in [0.15, 0.2) is 0 Å². The zero-order valence-electron chi connectivity index (χ0n) is 10.4. The van der Waals surface area contributed by atoms with E-state index in [1.165, 1.54) is 0 Å². The van der Waals surface area contributed by atoms with Crippen LogP contribution in [-0.4, -0.2) is 34.5 Å². The third kappa shape index (κ3) is 2.38. The van der Waals surface area contributed by atoms with Crippen molar-refractivity contribution in [2.45, 2.75) is 33.3 Å². The predicted molar refractivity (Wildman–Crippen MR) is 68.5 cm³/mol. The van der Waals surface area contributed by atoms with Gasteiger partial charge in [-0.1, -0.05) is 11.6 Å². The van der Waals surface area contributed by atoms with Crippen LogP contribution in [0.1, 0.15) is 24.5 Å². The lowest BCUT2D eigenvalue weighted by atomic mass is 10.0. The van der Waals surface area contributed by atoms with Crippen molar-refractivity contribution in [1.82, 2.24) is 10.2 Å². The van der Waals surface area contributed by atoms with Gasteiger partial charge >= 0.3 is 0 Å². The third-order valence-electron chi connectivity index (χ3n) is 3.65. The normalized spacial score (nSPS) is 21.9. The predicted octanol–water partition coefficient (Wildman–Crippen LogP) is 1.95. The van der Waals surface area contributed by atoms with Gasteiger partial charge in [-0.15, -0.1) is 10.2 Å². The largest absolute Gasteiger partial charge is 0.393 e. The second-order valence-electron chi connectivity index (χ2n) is 4.80. The monoisotopic (exact) mass is 255 g/mol. The summed E-state index contributed by atoms with van der Waals surface area (Å²) in [6, 6.07) is 0. The first-order valence-corrected chi connectivity index (χ1v) is 6.31. The number of aliphatic hydroxyl groups is 1. The van der Waals surface area contributed by atoms with Crippen molar-refractivity contribution in [2.75, 3.05) is 18.0 Å². The molecule has 1 aromatic rings. The number of rotatable bonds is 2. The summed E-state index contributed by atoms with van der Waals surface area (Å²) >= 11 is 5.94. The van der Waals surface area contributed by atoms with E-state index in [2.05, 4.69) is 15.1 Å². The number of aliphatic hydroxyl groups excluding tert-OH is 1. The van der Waals surface area contributed by atoms with Gasteiger partial charge in [0.25, 0.3) is 0 Å². The average molecular weight is 256 g/mol. The van der Waals surface area contributed by atoms with Gasteiger partial charge in [0.05, 0.1) is 6.10 Å². The Morgan fingerprint density at radius 1 is 1.35 bits per heavy atom. The van der Waals surface area contributed by atoms with Crippen LogP contribution >= 0.6 is 11.6 Å². The summed E-state index contributed by atoms with van der Waals surface area (Å²) in [4.78, 5) is 2.18. The Labute approximate surface area is 107 Å². The van der Waals surface area contributed by atoms with Gasteiger partial charge in [-0.25, -0.2) is 0 Å². The molecule has 0 saturated carbocycles. The van der Waals surface area contributed by atoms with Crippen LogP contribution in [0.4, 0.5) is 5.82 Å². The molecule has 1 aliphatic heterocycles. The SMILES string of the molecule is Cc1c(Cl)nnc(N2CCC(C(C)O)C2)c1C. The molecule has 1 saturated heterocycles. The highest BCUT2D eigenvalue weighted by Gasteiger charge is 2.28. The van der Waals surface area contributed by atoms with E-state index in [1.807, 2.05) is 20.8 Å². The molecule has 2 rings (SSSR count). The minimum absolute atomic E-state index is 0.262. The van der Waals surface area contributed by atoms with Crippen LogP contribution in [0.25, 0.3) is 0 Å². The fourth-order valence-corrected chi connectivity index (χ4v) is 2.42. The fraction of sp³-hybridized carbons (Fsp3) is 0.667. The number of aromatic nitrogens is 2. The van der Waals surface area contributed by atoms with Crippen molar-refractivity contribution in [2.24, 2.45) is 5.92 Å². The molecule has 0 bridgehead atoms.